The first-order valence-electron chi connectivity index (χ1n) is 5.94. The largest absolute Gasteiger partial charge is 0.452 e. The highest BCUT2D eigenvalue weighted by atomic mass is 32.2. The van der Waals surface area contributed by atoms with Crippen LogP contribution >= 0.6 is 11.8 Å². The summed E-state index contributed by atoms with van der Waals surface area (Å²) in [7, 11) is 1.40. The molecule has 1 aliphatic heterocycles. The SMILES string of the molecule is COC(=O)N1C=C(C)SC1n1cnc(C2CC2)c1. The monoisotopic (exact) mass is 265 g/mol. The fourth-order valence-corrected chi connectivity index (χ4v) is 3.03. The van der Waals surface area contributed by atoms with Crippen LogP contribution in [-0.2, 0) is 4.74 Å². The van der Waals surface area contributed by atoms with Crippen molar-refractivity contribution < 1.29 is 9.53 Å². The Morgan fingerprint density at radius 1 is 1.56 bits per heavy atom. The normalized spacial score (nSPS) is 23.1. The molecular formula is C12H15N3O2S. The number of carbonyl (C=O) groups is 1. The summed E-state index contributed by atoms with van der Waals surface area (Å²) in [5.41, 5.74) is 1.02. The summed E-state index contributed by atoms with van der Waals surface area (Å²) in [5.74, 6) is 0.623. The molecule has 2 aliphatic rings. The van der Waals surface area contributed by atoms with Gasteiger partial charge in [0.05, 0.1) is 19.1 Å². The first-order valence-corrected chi connectivity index (χ1v) is 6.81. The van der Waals surface area contributed by atoms with E-state index in [4.69, 9.17) is 4.74 Å². The van der Waals surface area contributed by atoms with Gasteiger partial charge in [0.15, 0.2) is 5.50 Å². The molecule has 1 atom stereocenters. The summed E-state index contributed by atoms with van der Waals surface area (Å²) in [4.78, 5) is 18.8. The molecule has 0 spiro atoms. The van der Waals surface area contributed by atoms with Crippen LogP contribution in [0.5, 0.6) is 0 Å². The van der Waals surface area contributed by atoms with Gasteiger partial charge in [0, 0.05) is 23.2 Å². The van der Waals surface area contributed by atoms with Crippen molar-refractivity contribution >= 4 is 17.9 Å². The number of imidazole rings is 1. The Morgan fingerprint density at radius 2 is 2.33 bits per heavy atom. The summed E-state index contributed by atoms with van der Waals surface area (Å²) < 4.78 is 6.77. The molecular weight excluding hydrogens is 250 g/mol. The molecule has 0 saturated heterocycles. The zero-order valence-corrected chi connectivity index (χ0v) is 11.2. The van der Waals surface area contributed by atoms with Crippen molar-refractivity contribution in [3.05, 3.63) is 29.3 Å². The molecule has 1 saturated carbocycles. The molecule has 2 heterocycles. The Hall–Kier alpha value is -1.43. The second-order valence-electron chi connectivity index (χ2n) is 4.58. The Labute approximate surface area is 110 Å². The number of allylic oxidation sites excluding steroid dienone is 1. The lowest BCUT2D eigenvalue weighted by atomic mass is 10.3. The lowest BCUT2D eigenvalue weighted by Crippen LogP contribution is -2.28. The predicted octanol–water partition coefficient (Wildman–Crippen LogP) is 2.89. The van der Waals surface area contributed by atoms with E-state index in [9.17, 15) is 4.79 Å². The molecule has 18 heavy (non-hydrogen) atoms. The lowest BCUT2D eigenvalue weighted by molar-refractivity contribution is 0.130. The van der Waals surface area contributed by atoms with Gasteiger partial charge in [-0.15, -0.1) is 0 Å². The van der Waals surface area contributed by atoms with Crippen molar-refractivity contribution in [2.24, 2.45) is 0 Å². The third-order valence-corrected chi connectivity index (χ3v) is 4.27. The first kappa shape index (κ1) is 11.6. The van der Waals surface area contributed by atoms with E-state index in [0.717, 1.165) is 10.6 Å². The standard InChI is InChI=1S/C12H15N3O2S/c1-8-5-15(12(16)17-2)11(18-8)14-6-10(13-7-14)9-3-4-9/h5-7,9,11H,3-4H2,1-2H3. The Bertz CT molecular complexity index is 507. The Kier molecular flexibility index (Phi) is 2.81. The maximum Gasteiger partial charge on any atom is 0.415 e. The quantitative estimate of drug-likeness (QED) is 0.825. The average molecular weight is 265 g/mol. The van der Waals surface area contributed by atoms with E-state index in [-0.39, 0.29) is 11.6 Å². The van der Waals surface area contributed by atoms with Gasteiger partial charge in [-0.05, 0) is 19.8 Å². The molecule has 1 amide bonds. The average Bonchev–Trinajstić information content (AvgIpc) is 2.97. The molecule has 0 N–H and O–H groups in total. The Balaban J connectivity index is 1.83. The minimum Gasteiger partial charge on any atom is -0.452 e. The summed E-state index contributed by atoms with van der Waals surface area (Å²) in [6, 6.07) is 0. The van der Waals surface area contributed by atoms with Crippen LogP contribution in [0.1, 0.15) is 36.9 Å². The van der Waals surface area contributed by atoms with E-state index in [2.05, 4.69) is 4.98 Å². The van der Waals surface area contributed by atoms with Gasteiger partial charge in [-0.25, -0.2) is 9.78 Å². The number of hydrogen-bond donors (Lipinski definition) is 0. The molecule has 5 nitrogen and oxygen atoms in total. The topological polar surface area (TPSA) is 47.4 Å². The number of thioether (sulfide) groups is 1. The van der Waals surface area contributed by atoms with Crippen molar-refractivity contribution in [3.8, 4) is 0 Å². The molecule has 1 unspecified atom stereocenters. The highest BCUT2D eigenvalue weighted by molar-refractivity contribution is 8.03. The molecule has 1 aliphatic carbocycles. The summed E-state index contributed by atoms with van der Waals surface area (Å²) in [6.45, 7) is 1.99. The molecule has 96 valence electrons. The van der Waals surface area contributed by atoms with Crippen LogP contribution in [0.2, 0.25) is 0 Å². The summed E-state index contributed by atoms with van der Waals surface area (Å²) >= 11 is 1.63. The van der Waals surface area contributed by atoms with Gasteiger partial charge in [-0.3, -0.25) is 4.90 Å². The molecule has 0 radical (unpaired) electrons. The number of rotatable bonds is 2. The van der Waals surface area contributed by atoms with Crippen LogP contribution in [0.4, 0.5) is 4.79 Å². The molecule has 0 bridgehead atoms. The molecule has 0 aromatic carbocycles. The zero-order chi connectivity index (χ0) is 12.7. The van der Waals surface area contributed by atoms with Crippen LogP contribution < -0.4 is 0 Å². The number of ether oxygens (including phenoxy) is 1. The van der Waals surface area contributed by atoms with E-state index in [1.807, 2.05) is 23.9 Å². The van der Waals surface area contributed by atoms with Gasteiger partial charge >= 0.3 is 6.09 Å². The minimum atomic E-state index is -0.342. The van der Waals surface area contributed by atoms with E-state index in [0.29, 0.717) is 5.92 Å². The molecule has 3 rings (SSSR count). The highest BCUT2D eigenvalue weighted by Crippen LogP contribution is 2.43. The number of carbonyl (C=O) groups excluding carboxylic acids is 1. The third-order valence-electron chi connectivity index (χ3n) is 3.11. The van der Waals surface area contributed by atoms with Crippen LogP contribution in [-0.4, -0.2) is 27.7 Å². The minimum absolute atomic E-state index is 0.113. The van der Waals surface area contributed by atoms with Crippen molar-refractivity contribution in [2.75, 3.05) is 7.11 Å². The molecule has 6 heteroatoms. The number of methoxy groups -OCH3 is 1. The maximum atomic E-state index is 11.7. The second-order valence-corrected chi connectivity index (χ2v) is 5.88. The lowest BCUT2D eigenvalue weighted by Gasteiger charge is -2.22. The second kappa shape index (κ2) is 4.35. The van der Waals surface area contributed by atoms with E-state index >= 15 is 0 Å². The van der Waals surface area contributed by atoms with Gasteiger partial charge in [0.2, 0.25) is 0 Å². The van der Waals surface area contributed by atoms with Crippen LogP contribution in [0.15, 0.2) is 23.6 Å². The number of nitrogens with zero attached hydrogens (tertiary/aromatic N) is 3. The van der Waals surface area contributed by atoms with Gasteiger partial charge in [0.1, 0.15) is 0 Å². The third kappa shape index (κ3) is 2.01. The van der Waals surface area contributed by atoms with Gasteiger partial charge in [-0.1, -0.05) is 11.8 Å². The van der Waals surface area contributed by atoms with Gasteiger partial charge < -0.3 is 9.30 Å². The fourth-order valence-electron chi connectivity index (χ4n) is 2.03. The first-order chi connectivity index (χ1) is 8.69. The van der Waals surface area contributed by atoms with Crippen molar-refractivity contribution in [3.63, 3.8) is 0 Å². The van der Waals surface area contributed by atoms with E-state index in [1.54, 1.807) is 23.0 Å². The van der Waals surface area contributed by atoms with Crippen LogP contribution in [0, 0.1) is 0 Å². The maximum absolute atomic E-state index is 11.7. The van der Waals surface area contributed by atoms with E-state index < -0.39 is 0 Å². The van der Waals surface area contributed by atoms with Crippen molar-refractivity contribution in [1.29, 1.82) is 0 Å². The van der Waals surface area contributed by atoms with Crippen molar-refractivity contribution in [2.45, 2.75) is 31.2 Å². The fraction of sp³-hybridized carbons (Fsp3) is 0.500. The summed E-state index contributed by atoms with van der Waals surface area (Å²) in [5, 5.41) is 0. The molecule has 1 aromatic heterocycles. The van der Waals surface area contributed by atoms with Gasteiger partial charge in [-0.2, -0.15) is 0 Å². The highest BCUT2D eigenvalue weighted by Gasteiger charge is 2.32. The molecule has 1 aromatic rings. The van der Waals surface area contributed by atoms with E-state index in [1.165, 1.54) is 20.0 Å². The molecule has 1 fully saturated rings. The van der Waals surface area contributed by atoms with Crippen LogP contribution in [0.3, 0.4) is 0 Å². The zero-order valence-electron chi connectivity index (χ0n) is 10.4. The van der Waals surface area contributed by atoms with Crippen LogP contribution in [0.25, 0.3) is 0 Å². The Morgan fingerprint density at radius 3 is 3.00 bits per heavy atom. The smallest absolute Gasteiger partial charge is 0.415 e. The number of amides is 1. The number of hydrogen-bond acceptors (Lipinski definition) is 4. The van der Waals surface area contributed by atoms with Crippen molar-refractivity contribution in [1.82, 2.24) is 14.5 Å². The number of aromatic nitrogens is 2. The van der Waals surface area contributed by atoms with Gasteiger partial charge in [0.25, 0.3) is 0 Å². The summed E-state index contributed by atoms with van der Waals surface area (Å²) in [6.07, 6.45) is 7.77. The predicted molar refractivity (Wildman–Crippen MR) is 68.8 cm³/mol.